The maximum absolute atomic E-state index is 14.5. The minimum absolute atomic E-state index is 0.153. The molecule has 1 atom stereocenters. The van der Waals surface area contributed by atoms with Crippen LogP contribution in [0.2, 0.25) is 0 Å². The van der Waals surface area contributed by atoms with Crippen molar-refractivity contribution in [1.29, 1.82) is 0 Å². The minimum Gasteiger partial charge on any atom is -0.207 e. The normalized spacial score (nSPS) is 12.2. The third-order valence-corrected chi connectivity index (χ3v) is 6.35. The maximum Gasteiger partial charge on any atom is 0.129 e. The molecule has 0 saturated heterocycles. The molecule has 0 N–H and O–H groups in total. The Balaban J connectivity index is 1.46. The van der Waals surface area contributed by atoms with Gasteiger partial charge in [-0.15, -0.1) is 0 Å². The molecular weight excluding hydrogens is 422 g/mol. The topological polar surface area (TPSA) is 0 Å². The van der Waals surface area contributed by atoms with E-state index in [4.69, 9.17) is 0 Å². The molecule has 0 unspecified atom stereocenters. The molecule has 0 aliphatic heterocycles. The van der Waals surface area contributed by atoms with Crippen molar-refractivity contribution in [3.63, 3.8) is 0 Å². The number of rotatable bonds is 8. The van der Waals surface area contributed by atoms with Crippen molar-refractivity contribution >= 4 is 0 Å². The van der Waals surface area contributed by atoms with E-state index in [1.54, 1.807) is 0 Å². The first-order valence-electron chi connectivity index (χ1n) is 11.9. The SMILES string of the molecule is CC=CCCc1c(F)cc(-c2ccc(-c3ccc(C[C@@H](C)c4ccccc4)cc3)cc2)cc1F. The highest BCUT2D eigenvalue weighted by atomic mass is 19.1. The summed E-state index contributed by atoms with van der Waals surface area (Å²) >= 11 is 0. The van der Waals surface area contributed by atoms with Crippen LogP contribution in [0.3, 0.4) is 0 Å². The van der Waals surface area contributed by atoms with Crippen molar-refractivity contribution in [3.05, 3.63) is 131 Å². The zero-order valence-corrected chi connectivity index (χ0v) is 19.8. The van der Waals surface area contributed by atoms with Crippen LogP contribution >= 0.6 is 0 Å². The molecule has 4 aromatic carbocycles. The van der Waals surface area contributed by atoms with E-state index >= 15 is 0 Å². The number of halogens is 2. The average Bonchev–Trinajstić information content (AvgIpc) is 2.87. The standard InChI is InChI=1S/C32H30F2/c1-3-4-6-11-30-31(33)21-29(22-32(30)34)28-18-16-27(17-19-28)26-14-12-24(13-15-26)20-23(2)25-9-7-5-8-10-25/h3-5,7-10,12-19,21-23H,6,11,20H2,1-2H3/t23-/m1/s1. The van der Waals surface area contributed by atoms with Gasteiger partial charge in [-0.3, -0.25) is 0 Å². The fourth-order valence-electron chi connectivity index (χ4n) is 4.34. The summed E-state index contributed by atoms with van der Waals surface area (Å²) in [4.78, 5) is 0. The lowest BCUT2D eigenvalue weighted by Gasteiger charge is -2.12. The van der Waals surface area contributed by atoms with E-state index in [2.05, 4.69) is 55.5 Å². The molecule has 4 rings (SSSR count). The third-order valence-electron chi connectivity index (χ3n) is 6.35. The van der Waals surface area contributed by atoms with Crippen molar-refractivity contribution in [1.82, 2.24) is 0 Å². The zero-order chi connectivity index (χ0) is 23.9. The molecule has 0 spiro atoms. The Morgan fingerprint density at radius 1 is 0.706 bits per heavy atom. The number of hydrogen-bond acceptors (Lipinski definition) is 0. The van der Waals surface area contributed by atoms with Gasteiger partial charge in [0.1, 0.15) is 11.6 Å². The van der Waals surface area contributed by atoms with Gasteiger partial charge in [-0.05, 0) is 77.6 Å². The van der Waals surface area contributed by atoms with E-state index < -0.39 is 11.6 Å². The number of hydrogen-bond donors (Lipinski definition) is 0. The van der Waals surface area contributed by atoms with Gasteiger partial charge in [-0.2, -0.15) is 0 Å². The first-order chi connectivity index (χ1) is 16.5. The second-order valence-corrected chi connectivity index (χ2v) is 8.82. The molecule has 4 aromatic rings. The predicted octanol–water partition coefficient (Wildman–Crippen LogP) is 9.15. The summed E-state index contributed by atoms with van der Waals surface area (Å²) in [6, 6.07) is 29.9. The molecule has 0 bridgehead atoms. The van der Waals surface area contributed by atoms with E-state index in [1.807, 2.05) is 49.4 Å². The quantitative estimate of drug-likeness (QED) is 0.234. The molecule has 0 amide bonds. The first kappa shape index (κ1) is 23.6. The van der Waals surface area contributed by atoms with Crippen molar-refractivity contribution in [2.75, 3.05) is 0 Å². The summed E-state index contributed by atoms with van der Waals surface area (Å²) in [5.74, 6) is -0.505. The number of benzene rings is 4. The lowest BCUT2D eigenvalue weighted by Crippen LogP contribution is -1.98. The zero-order valence-electron chi connectivity index (χ0n) is 19.8. The van der Waals surface area contributed by atoms with Crippen LogP contribution in [0.5, 0.6) is 0 Å². The van der Waals surface area contributed by atoms with Crippen LogP contribution in [-0.4, -0.2) is 0 Å². The Morgan fingerprint density at radius 3 is 1.79 bits per heavy atom. The third kappa shape index (κ3) is 5.69. The van der Waals surface area contributed by atoms with Crippen molar-refractivity contribution in [3.8, 4) is 22.3 Å². The van der Waals surface area contributed by atoms with Crippen LogP contribution in [0.1, 0.15) is 42.9 Å². The van der Waals surface area contributed by atoms with Gasteiger partial charge in [-0.25, -0.2) is 8.78 Å². The predicted molar refractivity (Wildman–Crippen MR) is 139 cm³/mol. The van der Waals surface area contributed by atoms with Gasteiger partial charge in [0, 0.05) is 5.56 Å². The van der Waals surface area contributed by atoms with Crippen LogP contribution in [0.25, 0.3) is 22.3 Å². The molecule has 0 heterocycles. The van der Waals surface area contributed by atoms with Crippen LogP contribution in [-0.2, 0) is 12.8 Å². The maximum atomic E-state index is 14.5. The van der Waals surface area contributed by atoms with E-state index in [-0.39, 0.29) is 5.56 Å². The van der Waals surface area contributed by atoms with Crippen molar-refractivity contribution in [2.24, 2.45) is 0 Å². The van der Waals surface area contributed by atoms with E-state index in [1.165, 1.54) is 23.3 Å². The van der Waals surface area contributed by atoms with Crippen LogP contribution in [0, 0.1) is 11.6 Å². The summed E-state index contributed by atoms with van der Waals surface area (Å²) in [5, 5.41) is 0. The molecule has 0 aromatic heterocycles. The highest BCUT2D eigenvalue weighted by Crippen LogP contribution is 2.29. The Hall–Kier alpha value is -3.52. The second kappa shape index (κ2) is 11.1. The van der Waals surface area contributed by atoms with Crippen LogP contribution in [0.15, 0.2) is 103 Å². The summed E-state index contributed by atoms with van der Waals surface area (Å²) in [7, 11) is 0. The van der Waals surface area contributed by atoms with Gasteiger partial charge >= 0.3 is 0 Å². The van der Waals surface area contributed by atoms with Gasteiger partial charge < -0.3 is 0 Å². The molecule has 2 heteroatoms. The molecule has 34 heavy (non-hydrogen) atoms. The van der Waals surface area contributed by atoms with Crippen LogP contribution in [0.4, 0.5) is 8.78 Å². The van der Waals surface area contributed by atoms with Crippen molar-refractivity contribution < 1.29 is 8.78 Å². The first-order valence-corrected chi connectivity index (χ1v) is 11.9. The lowest BCUT2D eigenvalue weighted by molar-refractivity contribution is 0.556. The van der Waals surface area contributed by atoms with Gasteiger partial charge in [0.15, 0.2) is 0 Å². The molecule has 172 valence electrons. The Labute approximate surface area is 201 Å². The van der Waals surface area contributed by atoms with Gasteiger partial charge in [0.25, 0.3) is 0 Å². The second-order valence-electron chi connectivity index (χ2n) is 8.82. The molecule has 0 aliphatic rings. The summed E-state index contributed by atoms with van der Waals surface area (Å²) in [6.07, 6.45) is 5.79. The molecule has 0 fully saturated rings. The van der Waals surface area contributed by atoms with E-state index in [0.717, 1.165) is 23.1 Å². The largest absolute Gasteiger partial charge is 0.207 e. The molecule has 0 radical (unpaired) electrons. The van der Waals surface area contributed by atoms with E-state index in [0.29, 0.717) is 24.3 Å². The lowest BCUT2D eigenvalue weighted by atomic mass is 9.92. The summed E-state index contributed by atoms with van der Waals surface area (Å²) < 4.78 is 29.1. The van der Waals surface area contributed by atoms with Crippen LogP contribution < -0.4 is 0 Å². The summed E-state index contributed by atoms with van der Waals surface area (Å²) in [6.45, 7) is 4.16. The minimum atomic E-state index is -0.483. The smallest absolute Gasteiger partial charge is 0.129 e. The van der Waals surface area contributed by atoms with Gasteiger partial charge in [-0.1, -0.05) is 97.9 Å². The Morgan fingerprint density at radius 2 is 1.24 bits per heavy atom. The average molecular weight is 453 g/mol. The van der Waals surface area contributed by atoms with Gasteiger partial charge in [0.2, 0.25) is 0 Å². The fraction of sp³-hybridized carbons (Fsp3) is 0.188. The summed E-state index contributed by atoms with van der Waals surface area (Å²) in [5.41, 5.74) is 6.37. The van der Waals surface area contributed by atoms with E-state index in [9.17, 15) is 8.78 Å². The Bertz CT molecular complexity index is 1210. The number of allylic oxidation sites excluding steroid dienone is 2. The van der Waals surface area contributed by atoms with Gasteiger partial charge in [0.05, 0.1) is 0 Å². The molecule has 0 saturated carbocycles. The monoisotopic (exact) mass is 452 g/mol. The molecule has 0 nitrogen and oxygen atoms in total. The fourth-order valence-corrected chi connectivity index (χ4v) is 4.34. The highest BCUT2D eigenvalue weighted by molar-refractivity contribution is 5.70. The highest BCUT2D eigenvalue weighted by Gasteiger charge is 2.12. The molecular formula is C32H30F2. The van der Waals surface area contributed by atoms with Crippen molar-refractivity contribution in [2.45, 2.75) is 39.0 Å². The molecule has 0 aliphatic carbocycles. The Kier molecular flexibility index (Phi) is 7.69.